The van der Waals surface area contributed by atoms with E-state index in [-0.39, 0.29) is 23.6 Å². The minimum atomic E-state index is -0.791. The van der Waals surface area contributed by atoms with Crippen molar-refractivity contribution >= 4 is 23.4 Å². The van der Waals surface area contributed by atoms with Crippen LogP contribution in [0.2, 0.25) is 0 Å². The summed E-state index contributed by atoms with van der Waals surface area (Å²) in [6.07, 6.45) is 8.93. The van der Waals surface area contributed by atoms with Crippen molar-refractivity contribution in [2.75, 3.05) is 13.2 Å². The highest BCUT2D eigenvalue weighted by molar-refractivity contribution is 6.46. The predicted octanol–water partition coefficient (Wildman–Crippen LogP) is 2.91. The Kier molecular flexibility index (Phi) is 6.81. The molecule has 4 rings (SSSR count). The summed E-state index contributed by atoms with van der Waals surface area (Å²) in [6, 6.07) is 2.64. The Bertz CT molecular complexity index is 1280. The number of nitrogens with zero attached hydrogens (tertiary/aromatic N) is 4. The molecule has 35 heavy (non-hydrogen) atoms. The maximum absolute atomic E-state index is 13.2. The Morgan fingerprint density at radius 1 is 1.14 bits per heavy atom. The summed E-state index contributed by atoms with van der Waals surface area (Å²) in [6.45, 7) is 6.16. The van der Waals surface area contributed by atoms with Crippen LogP contribution in [0.4, 0.5) is 0 Å². The highest BCUT2D eigenvalue weighted by atomic mass is 16.5. The maximum Gasteiger partial charge on any atom is 0.355 e. The SMILES string of the molecule is CCOC(=O)c1[nH]c(C)c(C(O)=C2C(=O)C(=O)N(CCCn3ccnc3)[C@H]2c2ccncc2)c1C. The first-order valence-electron chi connectivity index (χ1n) is 11.4. The van der Waals surface area contributed by atoms with Crippen molar-refractivity contribution in [2.45, 2.75) is 39.8 Å². The zero-order valence-electron chi connectivity index (χ0n) is 19.8. The zero-order chi connectivity index (χ0) is 25.1. The number of ether oxygens (including phenoxy) is 1. The van der Waals surface area contributed by atoms with Gasteiger partial charge in [-0.05, 0) is 50.5 Å². The van der Waals surface area contributed by atoms with E-state index in [1.54, 1.807) is 57.8 Å². The number of H-pyrrole nitrogens is 1. The van der Waals surface area contributed by atoms with Gasteiger partial charge in [0.15, 0.2) is 0 Å². The minimum Gasteiger partial charge on any atom is -0.507 e. The summed E-state index contributed by atoms with van der Waals surface area (Å²) in [5.74, 6) is -2.35. The van der Waals surface area contributed by atoms with Gasteiger partial charge in [0.2, 0.25) is 0 Å². The molecule has 182 valence electrons. The first-order valence-corrected chi connectivity index (χ1v) is 11.4. The molecule has 1 aliphatic rings. The quantitative estimate of drug-likeness (QED) is 0.221. The van der Waals surface area contributed by atoms with Crippen molar-refractivity contribution in [1.82, 2.24) is 24.4 Å². The fourth-order valence-corrected chi connectivity index (χ4v) is 4.49. The summed E-state index contributed by atoms with van der Waals surface area (Å²) in [5, 5.41) is 11.4. The van der Waals surface area contributed by atoms with Crippen LogP contribution in [0.5, 0.6) is 0 Å². The van der Waals surface area contributed by atoms with Crippen molar-refractivity contribution in [3.8, 4) is 0 Å². The van der Waals surface area contributed by atoms with E-state index >= 15 is 0 Å². The molecule has 0 saturated carbocycles. The average Bonchev–Trinajstić information content (AvgIpc) is 3.53. The summed E-state index contributed by atoms with van der Waals surface area (Å²) >= 11 is 0. The van der Waals surface area contributed by atoms with Crippen LogP contribution in [0, 0.1) is 13.8 Å². The lowest BCUT2D eigenvalue weighted by Crippen LogP contribution is -2.31. The molecule has 1 aliphatic heterocycles. The van der Waals surface area contributed by atoms with E-state index in [0.29, 0.717) is 41.9 Å². The van der Waals surface area contributed by atoms with Gasteiger partial charge >= 0.3 is 5.97 Å². The van der Waals surface area contributed by atoms with Gasteiger partial charge in [0, 0.05) is 49.1 Å². The molecule has 0 aromatic carbocycles. The van der Waals surface area contributed by atoms with Gasteiger partial charge in [-0.25, -0.2) is 9.78 Å². The molecule has 0 bridgehead atoms. The number of likely N-dealkylation sites (tertiary alicyclic amines) is 1. The van der Waals surface area contributed by atoms with Crippen LogP contribution < -0.4 is 0 Å². The van der Waals surface area contributed by atoms with Gasteiger partial charge in [0.25, 0.3) is 11.7 Å². The molecule has 3 aromatic rings. The number of Topliss-reactive ketones (excluding diaryl/α,β-unsaturated/α-hetero) is 1. The largest absolute Gasteiger partial charge is 0.507 e. The summed E-state index contributed by atoms with van der Waals surface area (Å²) in [4.78, 5) is 51.2. The standard InChI is InChI=1S/C25H27N5O5/c1-4-35-25(34)20-15(2)18(16(3)28-20)22(31)19-21(17-6-8-26-9-7-17)30(24(33)23(19)32)12-5-11-29-13-10-27-14-29/h6-10,13-14,21,28,31H,4-5,11-12H2,1-3H3/t21-/m0/s1. The van der Waals surface area contributed by atoms with Crippen molar-refractivity contribution in [1.29, 1.82) is 0 Å². The number of pyridine rings is 1. The van der Waals surface area contributed by atoms with E-state index in [4.69, 9.17) is 4.74 Å². The second-order valence-electron chi connectivity index (χ2n) is 8.27. The number of aliphatic hydroxyl groups is 1. The zero-order valence-corrected chi connectivity index (χ0v) is 19.8. The highest BCUT2D eigenvalue weighted by Gasteiger charge is 2.46. The number of hydrogen-bond donors (Lipinski definition) is 2. The smallest absolute Gasteiger partial charge is 0.355 e. The van der Waals surface area contributed by atoms with E-state index < -0.39 is 23.7 Å². The lowest BCUT2D eigenvalue weighted by Gasteiger charge is -2.25. The molecule has 1 saturated heterocycles. The van der Waals surface area contributed by atoms with E-state index in [2.05, 4.69) is 15.0 Å². The summed E-state index contributed by atoms with van der Waals surface area (Å²) in [7, 11) is 0. The number of carbonyl (C=O) groups is 3. The Morgan fingerprint density at radius 3 is 2.54 bits per heavy atom. The van der Waals surface area contributed by atoms with Crippen molar-refractivity contribution in [3.63, 3.8) is 0 Å². The number of carbonyl (C=O) groups excluding carboxylic acids is 3. The first kappa shape index (κ1) is 23.9. The molecule has 10 nitrogen and oxygen atoms in total. The molecule has 0 spiro atoms. The molecule has 2 N–H and O–H groups in total. The van der Waals surface area contributed by atoms with Crippen LogP contribution in [-0.2, 0) is 20.9 Å². The topological polar surface area (TPSA) is 130 Å². The second-order valence-corrected chi connectivity index (χ2v) is 8.27. The van der Waals surface area contributed by atoms with E-state index in [9.17, 15) is 19.5 Å². The van der Waals surface area contributed by atoms with Crippen molar-refractivity contribution < 1.29 is 24.2 Å². The fourth-order valence-electron chi connectivity index (χ4n) is 4.49. The van der Waals surface area contributed by atoms with Crippen LogP contribution in [0.3, 0.4) is 0 Å². The summed E-state index contributed by atoms with van der Waals surface area (Å²) in [5.41, 5.74) is 2.06. The molecular formula is C25H27N5O5. The number of aliphatic hydroxyl groups excluding tert-OH is 1. The second kappa shape index (κ2) is 9.96. The van der Waals surface area contributed by atoms with Gasteiger partial charge in [-0.15, -0.1) is 0 Å². The Labute approximate surface area is 202 Å². The number of ketones is 1. The van der Waals surface area contributed by atoms with Gasteiger partial charge in [-0.2, -0.15) is 0 Å². The van der Waals surface area contributed by atoms with Crippen LogP contribution in [0.25, 0.3) is 5.76 Å². The monoisotopic (exact) mass is 477 g/mol. The first-order chi connectivity index (χ1) is 16.8. The molecule has 0 radical (unpaired) electrons. The van der Waals surface area contributed by atoms with E-state index in [1.165, 1.54) is 4.90 Å². The third-order valence-electron chi connectivity index (χ3n) is 6.09. The number of rotatable bonds is 8. The number of amides is 1. The maximum atomic E-state index is 13.2. The number of esters is 1. The molecule has 0 unspecified atom stereocenters. The number of aryl methyl sites for hydroxylation is 2. The van der Waals surface area contributed by atoms with E-state index in [1.807, 2.05) is 10.8 Å². The van der Waals surface area contributed by atoms with E-state index in [0.717, 1.165) is 0 Å². The number of aromatic amines is 1. The fraction of sp³-hybridized carbons (Fsp3) is 0.320. The Hall–Kier alpha value is -4.21. The van der Waals surface area contributed by atoms with Gasteiger partial charge < -0.3 is 24.3 Å². The summed E-state index contributed by atoms with van der Waals surface area (Å²) < 4.78 is 6.98. The molecule has 1 atom stereocenters. The van der Waals surface area contributed by atoms with Gasteiger partial charge in [0.1, 0.15) is 11.5 Å². The minimum absolute atomic E-state index is 0.0237. The molecule has 1 amide bonds. The van der Waals surface area contributed by atoms with Gasteiger partial charge in [-0.3, -0.25) is 14.6 Å². The lowest BCUT2D eigenvalue weighted by molar-refractivity contribution is -0.139. The third-order valence-corrected chi connectivity index (χ3v) is 6.09. The molecule has 4 heterocycles. The van der Waals surface area contributed by atoms with Crippen molar-refractivity contribution in [3.05, 3.63) is 76.9 Å². The Balaban J connectivity index is 1.77. The lowest BCUT2D eigenvalue weighted by atomic mass is 9.94. The van der Waals surface area contributed by atoms with Gasteiger partial charge in [-0.1, -0.05) is 0 Å². The highest BCUT2D eigenvalue weighted by Crippen LogP contribution is 2.40. The number of aromatic nitrogens is 4. The molecule has 10 heteroatoms. The van der Waals surface area contributed by atoms with Crippen LogP contribution >= 0.6 is 0 Å². The Morgan fingerprint density at radius 2 is 1.89 bits per heavy atom. The normalized spacial score (nSPS) is 17.2. The predicted molar refractivity (Wildman–Crippen MR) is 126 cm³/mol. The number of nitrogens with one attached hydrogen (secondary N) is 1. The van der Waals surface area contributed by atoms with Crippen LogP contribution in [0.1, 0.15) is 52.3 Å². The third kappa shape index (κ3) is 4.46. The number of hydrogen-bond acceptors (Lipinski definition) is 7. The van der Waals surface area contributed by atoms with Crippen LogP contribution in [-0.4, -0.2) is 60.3 Å². The molecule has 0 aliphatic carbocycles. The molecule has 1 fully saturated rings. The number of imidazole rings is 1. The van der Waals surface area contributed by atoms with Crippen molar-refractivity contribution in [2.24, 2.45) is 0 Å². The average molecular weight is 478 g/mol. The molecular weight excluding hydrogens is 450 g/mol. The van der Waals surface area contributed by atoms with Gasteiger partial charge in [0.05, 0.1) is 24.5 Å². The van der Waals surface area contributed by atoms with Crippen LogP contribution in [0.15, 0.2) is 48.8 Å². The molecule has 3 aromatic heterocycles.